The van der Waals surface area contributed by atoms with Gasteiger partial charge in [0.15, 0.2) is 0 Å². The van der Waals surface area contributed by atoms with E-state index in [0.29, 0.717) is 28.9 Å². The highest BCUT2D eigenvalue weighted by atomic mass is 35.5. The number of carbonyl (C=O) groups excluding carboxylic acids is 1. The van der Waals surface area contributed by atoms with Gasteiger partial charge in [-0.3, -0.25) is 4.79 Å². The first-order valence-corrected chi connectivity index (χ1v) is 6.32. The van der Waals surface area contributed by atoms with Crippen LogP contribution in [0.1, 0.15) is 16.8 Å². The molecule has 1 atom stereocenters. The molecule has 3 N–H and O–H groups in total. The first kappa shape index (κ1) is 13.1. The highest BCUT2D eigenvalue weighted by molar-refractivity contribution is 6.33. The number of likely N-dealkylation sites (tertiary alicyclic amines) is 1. The fourth-order valence-corrected chi connectivity index (χ4v) is 2.34. The summed E-state index contributed by atoms with van der Waals surface area (Å²) in [5.74, 6) is 0.616. The van der Waals surface area contributed by atoms with E-state index in [1.54, 1.807) is 0 Å². The van der Waals surface area contributed by atoms with Crippen molar-refractivity contribution in [3.63, 3.8) is 0 Å². The topological polar surface area (TPSA) is 71.2 Å². The van der Waals surface area contributed by atoms with Crippen LogP contribution in [0.3, 0.4) is 0 Å². The van der Waals surface area contributed by atoms with Gasteiger partial charge in [0.2, 0.25) is 0 Å². The van der Waals surface area contributed by atoms with Crippen LogP contribution in [0.4, 0.5) is 5.82 Å². The van der Waals surface area contributed by atoms with E-state index in [0.717, 1.165) is 19.5 Å². The summed E-state index contributed by atoms with van der Waals surface area (Å²) in [4.78, 5) is 18.1. The predicted molar refractivity (Wildman–Crippen MR) is 71.6 cm³/mol. The van der Waals surface area contributed by atoms with Gasteiger partial charge in [-0.05, 0) is 32.0 Å². The molecule has 1 aliphatic heterocycles. The molecular weight excluding hydrogens is 252 g/mol. The second kappa shape index (κ2) is 5.54. The number of hydrogen-bond acceptors (Lipinski definition) is 4. The second-order valence-electron chi connectivity index (χ2n) is 4.72. The van der Waals surface area contributed by atoms with Crippen LogP contribution in [-0.4, -0.2) is 42.5 Å². The summed E-state index contributed by atoms with van der Waals surface area (Å²) in [7, 11) is 2.09. The normalized spacial score (nSPS) is 20.0. The molecule has 18 heavy (non-hydrogen) atoms. The Bertz CT molecular complexity index is 452. The third kappa shape index (κ3) is 3.11. The molecule has 6 heteroatoms. The first-order valence-electron chi connectivity index (χ1n) is 5.94. The van der Waals surface area contributed by atoms with Crippen molar-refractivity contribution in [3.8, 4) is 0 Å². The van der Waals surface area contributed by atoms with Crippen molar-refractivity contribution in [2.24, 2.45) is 5.92 Å². The van der Waals surface area contributed by atoms with Crippen LogP contribution in [0.15, 0.2) is 12.3 Å². The van der Waals surface area contributed by atoms with Crippen LogP contribution in [0, 0.1) is 5.92 Å². The number of rotatable bonds is 3. The van der Waals surface area contributed by atoms with E-state index in [1.165, 1.54) is 12.3 Å². The molecule has 1 unspecified atom stereocenters. The summed E-state index contributed by atoms with van der Waals surface area (Å²) in [6.45, 7) is 2.78. The van der Waals surface area contributed by atoms with Gasteiger partial charge in [0.25, 0.3) is 5.91 Å². The summed E-state index contributed by atoms with van der Waals surface area (Å²) in [5, 5.41) is 3.22. The number of nitrogen functional groups attached to an aromatic ring is 1. The van der Waals surface area contributed by atoms with E-state index in [-0.39, 0.29) is 5.91 Å². The van der Waals surface area contributed by atoms with E-state index in [2.05, 4.69) is 22.2 Å². The van der Waals surface area contributed by atoms with Gasteiger partial charge < -0.3 is 16.0 Å². The maximum Gasteiger partial charge on any atom is 0.253 e. The van der Waals surface area contributed by atoms with Gasteiger partial charge in [-0.2, -0.15) is 0 Å². The molecule has 1 aliphatic rings. The number of nitrogens with zero attached hydrogens (tertiary/aromatic N) is 2. The van der Waals surface area contributed by atoms with Gasteiger partial charge in [0.1, 0.15) is 5.82 Å². The lowest BCUT2D eigenvalue weighted by Crippen LogP contribution is -2.30. The number of amides is 1. The minimum absolute atomic E-state index is 0.191. The Labute approximate surface area is 111 Å². The molecule has 1 fully saturated rings. The zero-order valence-corrected chi connectivity index (χ0v) is 11.1. The zero-order chi connectivity index (χ0) is 13.1. The number of hydrogen-bond donors (Lipinski definition) is 2. The number of nitrogens with two attached hydrogens (primary N) is 1. The number of halogens is 1. The maximum atomic E-state index is 12.0. The molecule has 0 spiro atoms. The fourth-order valence-electron chi connectivity index (χ4n) is 2.15. The van der Waals surface area contributed by atoms with Gasteiger partial charge in [0.05, 0.1) is 10.6 Å². The molecule has 1 amide bonds. The second-order valence-corrected chi connectivity index (χ2v) is 5.12. The van der Waals surface area contributed by atoms with Crippen LogP contribution in [0.2, 0.25) is 5.02 Å². The minimum atomic E-state index is -0.191. The summed E-state index contributed by atoms with van der Waals surface area (Å²) in [6.07, 6.45) is 2.51. The van der Waals surface area contributed by atoms with Crippen LogP contribution in [0.5, 0.6) is 0 Å². The van der Waals surface area contributed by atoms with Crippen molar-refractivity contribution in [1.82, 2.24) is 15.2 Å². The lowest BCUT2D eigenvalue weighted by molar-refractivity contribution is 0.0947. The third-order valence-electron chi connectivity index (χ3n) is 3.16. The zero-order valence-electron chi connectivity index (χ0n) is 10.3. The van der Waals surface area contributed by atoms with Gasteiger partial charge in [-0.1, -0.05) is 11.6 Å². The van der Waals surface area contributed by atoms with E-state index in [9.17, 15) is 4.79 Å². The summed E-state index contributed by atoms with van der Waals surface area (Å²) < 4.78 is 0. The van der Waals surface area contributed by atoms with E-state index >= 15 is 0 Å². The predicted octanol–water partition coefficient (Wildman–Crippen LogP) is 0.999. The standard InChI is InChI=1S/C12H17ClN4O/c1-17-3-2-8(7-17)5-16-12(18)9-4-11(14)15-6-10(9)13/h4,6,8H,2-3,5,7H2,1H3,(H2,14,15)(H,16,18). The SMILES string of the molecule is CN1CCC(CNC(=O)c2cc(N)ncc2Cl)C1. The van der Waals surface area contributed by atoms with Crippen LogP contribution < -0.4 is 11.1 Å². The average molecular weight is 269 g/mol. The van der Waals surface area contributed by atoms with Gasteiger partial charge in [0, 0.05) is 19.3 Å². The number of carbonyl (C=O) groups is 1. The molecule has 0 radical (unpaired) electrons. The number of aromatic nitrogens is 1. The van der Waals surface area contributed by atoms with Crippen molar-refractivity contribution in [1.29, 1.82) is 0 Å². The molecule has 1 aromatic rings. The molecule has 98 valence electrons. The van der Waals surface area contributed by atoms with E-state index in [1.807, 2.05) is 0 Å². The molecule has 0 bridgehead atoms. The minimum Gasteiger partial charge on any atom is -0.384 e. The first-order chi connectivity index (χ1) is 8.56. The fraction of sp³-hybridized carbons (Fsp3) is 0.500. The molecule has 5 nitrogen and oxygen atoms in total. The summed E-state index contributed by atoms with van der Waals surface area (Å²) in [6, 6.07) is 1.50. The number of nitrogens with one attached hydrogen (secondary N) is 1. The van der Waals surface area contributed by atoms with Crippen molar-refractivity contribution < 1.29 is 4.79 Å². The van der Waals surface area contributed by atoms with Gasteiger partial charge in [-0.25, -0.2) is 4.98 Å². The Morgan fingerprint density at radius 1 is 1.72 bits per heavy atom. The Kier molecular flexibility index (Phi) is 4.04. The summed E-state index contributed by atoms with van der Waals surface area (Å²) >= 11 is 5.92. The molecular formula is C12H17ClN4O. The molecule has 2 heterocycles. The Morgan fingerprint density at radius 2 is 2.50 bits per heavy atom. The molecule has 1 saturated heterocycles. The van der Waals surface area contributed by atoms with Crippen molar-refractivity contribution >= 4 is 23.3 Å². The third-order valence-corrected chi connectivity index (χ3v) is 3.46. The Hall–Kier alpha value is -1.33. The lowest BCUT2D eigenvalue weighted by Gasteiger charge is -2.12. The van der Waals surface area contributed by atoms with Crippen LogP contribution in [-0.2, 0) is 0 Å². The largest absolute Gasteiger partial charge is 0.384 e. The Morgan fingerprint density at radius 3 is 3.17 bits per heavy atom. The smallest absolute Gasteiger partial charge is 0.253 e. The molecule has 0 aliphatic carbocycles. The highest BCUT2D eigenvalue weighted by Crippen LogP contribution is 2.17. The Balaban J connectivity index is 1.93. The molecule has 2 rings (SSSR count). The number of anilines is 1. The quantitative estimate of drug-likeness (QED) is 0.858. The average Bonchev–Trinajstić information content (AvgIpc) is 2.75. The van der Waals surface area contributed by atoms with Gasteiger partial charge in [-0.15, -0.1) is 0 Å². The molecule has 0 aromatic carbocycles. The van der Waals surface area contributed by atoms with Crippen molar-refractivity contribution in [2.45, 2.75) is 6.42 Å². The highest BCUT2D eigenvalue weighted by Gasteiger charge is 2.20. The van der Waals surface area contributed by atoms with E-state index < -0.39 is 0 Å². The van der Waals surface area contributed by atoms with E-state index in [4.69, 9.17) is 17.3 Å². The maximum absolute atomic E-state index is 12.0. The van der Waals surface area contributed by atoms with Crippen LogP contribution in [0.25, 0.3) is 0 Å². The monoisotopic (exact) mass is 268 g/mol. The van der Waals surface area contributed by atoms with Crippen LogP contribution >= 0.6 is 11.6 Å². The molecule has 0 saturated carbocycles. The molecule has 1 aromatic heterocycles. The van der Waals surface area contributed by atoms with Crippen molar-refractivity contribution in [3.05, 3.63) is 22.8 Å². The number of pyridine rings is 1. The summed E-state index contributed by atoms with van der Waals surface area (Å²) in [5.41, 5.74) is 5.93. The van der Waals surface area contributed by atoms with Crippen molar-refractivity contribution in [2.75, 3.05) is 32.4 Å². The lowest BCUT2D eigenvalue weighted by atomic mass is 10.1. The van der Waals surface area contributed by atoms with Gasteiger partial charge >= 0.3 is 0 Å².